The Morgan fingerprint density at radius 2 is 1.83 bits per heavy atom. The molecule has 1 aliphatic rings. The first kappa shape index (κ1) is 21.2. The molecule has 0 saturated carbocycles. The number of nitrogens with zero attached hydrogens (tertiary/aromatic N) is 1. The predicted molar refractivity (Wildman–Crippen MR) is 117 cm³/mol. The molecule has 1 heterocycles. The van der Waals surface area contributed by atoms with Crippen LogP contribution in [0.25, 0.3) is 6.08 Å². The SMILES string of the molecule is C=CCc1cc(/C=C2/C(=O)NN(c3ccccc3)C2=O)cc(OC)c1OC(C)(C)C. The Hall–Kier alpha value is -3.54. The van der Waals surface area contributed by atoms with Crippen LogP contribution in [0.4, 0.5) is 5.69 Å². The summed E-state index contributed by atoms with van der Waals surface area (Å²) in [4.78, 5) is 25.3. The molecule has 2 amide bonds. The van der Waals surface area contributed by atoms with Crippen molar-refractivity contribution in [2.75, 3.05) is 12.1 Å². The first-order valence-corrected chi connectivity index (χ1v) is 9.66. The quantitative estimate of drug-likeness (QED) is 0.446. The molecular weight excluding hydrogens is 380 g/mol. The van der Waals surface area contributed by atoms with Crippen LogP contribution in [0.15, 0.2) is 60.7 Å². The molecule has 30 heavy (non-hydrogen) atoms. The van der Waals surface area contributed by atoms with Gasteiger partial charge in [0.2, 0.25) is 0 Å². The number of nitrogens with one attached hydrogen (secondary N) is 1. The molecule has 2 aromatic carbocycles. The molecule has 0 aliphatic carbocycles. The molecule has 1 aliphatic heterocycles. The average Bonchev–Trinajstić information content (AvgIpc) is 2.98. The number of anilines is 1. The summed E-state index contributed by atoms with van der Waals surface area (Å²) >= 11 is 0. The molecule has 6 nitrogen and oxygen atoms in total. The molecule has 2 aromatic rings. The van der Waals surface area contributed by atoms with Crippen LogP contribution in [0.3, 0.4) is 0 Å². The Morgan fingerprint density at radius 1 is 1.13 bits per heavy atom. The minimum atomic E-state index is -0.455. The number of para-hydroxylation sites is 1. The number of amides is 2. The van der Waals surface area contributed by atoms with Crippen LogP contribution >= 0.6 is 0 Å². The molecule has 1 N–H and O–H groups in total. The highest BCUT2D eigenvalue weighted by Gasteiger charge is 2.34. The summed E-state index contributed by atoms with van der Waals surface area (Å²) in [5, 5.41) is 1.24. The van der Waals surface area contributed by atoms with E-state index in [0.29, 0.717) is 29.2 Å². The van der Waals surface area contributed by atoms with Crippen molar-refractivity contribution in [2.45, 2.75) is 32.8 Å². The van der Waals surface area contributed by atoms with E-state index in [-0.39, 0.29) is 5.57 Å². The van der Waals surface area contributed by atoms with Crippen LogP contribution in [0.1, 0.15) is 31.9 Å². The van der Waals surface area contributed by atoms with Gasteiger partial charge in [-0.25, -0.2) is 5.01 Å². The highest BCUT2D eigenvalue weighted by Crippen LogP contribution is 2.37. The lowest BCUT2D eigenvalue weighted by Crippen LogP contribution is -2.35. The number of hydrogen-bond donors (Lipinski definition) is 1. The number of carbonyl (C=O) groups is 2. The number of ether oxygens (including phenoxy) is 2. The van der Waals surface area contributed by atoms with Gasteiger partial charge in [-0.15, -0.1) is 6.58 Å². The van der Waals surface area contributed by atoms with Crippen LogP contribution in [-0.4, -0.2) is 24.5 Å². The van der Waals surface area contributed by atoms with Crippen molar-refractivity contribution in [1.29, 1.82) is 0 Å². The van der Waals surface area contributed by atoms with Crippen LogP contribution in [0.2, 0.25) is 0 Å². The highest BCUT2D eigenvalue weighted by atomic mass is 16.5. The fourth-order valence-electron chi connectivity index (χ4n) is 3.13. The van der Waals surface area contributed by atoms with Gasteiger partial charge < -0.3 is 9.47 Å². The van der Waals surface area contributed by atoms with Gasteiger partial charge in [-0.3, -0.25) is 15.0 Å². The molecule has 0 bridgehead atoms. The van der Waals surface area contributed by atoms with E-state index in [1.165, 1.54) is 5.01 Å². The van der Waals surface area contributed by atoms with Gasteiger partial charge in [-0.1, -0.05) is 24.3 Å². The van der Waals surface area contributed by atoms with Crippen molar-refractivity contribution < 1.29 is 19.1 Å². The van der Waals surface area contributed by atoms with Gasteiger partial charge in [0.1, 0.15) is 11.2 Å². The third kappa shape index (κ3) is 4.54. The third-order valence-electron chi connectivity index (χ3n) is 4.36. The summed E-state index contributed by atoms with van der Waals surface area (Å²) in [5.74, 6) is 0.288. The summed E-state index contributed by atoms with van der Waals surface area (Å²) in [5.41, 5.74) is 4.36. The molecular formula is C24H26N2O4. The summed E-state index contributed by atoms with van der Waals surface area (Å²) < 4.78 is 11.6. The Morgan fingerprint density at radius 3 is 2.43 bits per heavy atom. The molecule has 0 radical (unpaired) electrons. The fraction of sp³-hybridized carbons (Fsp3) is 0.250. The minimum absolute atomic E-state index is 0.0509. The van der Waals surface area contributed by atoms with Gasteiger partial charge in [0, 0.05) is 5.56 Å². The van der Waals surface area contributed by atoms with Crippen molar-refractivity contribution in [3.8, 4) is 11.5 Å². The zero-order valence-corrected chi connectivity index (χ0v) is 17.7. The smallest absolute Gasteiger partial charge is 0.282 e. The second kappa shape index (κ2) is 8.45. The van der Waals surface area contributed by atoms with Crippen molar-refractivity contribution >= 4 is 23.6 Å². The molecule has 6 heteroatoms. The van der Waals surface area contributed by atoms with Crippen molar-refractivity contribution in [1.82, 2.24) is 5.43 Å². The standard InChI is InChI=1S/C24H26N2O4/c1-6-10-17-13-16(15-20(29-5)21(17)30-24(2,3)4)14-19-22(27)25-26(23(19)28)18-11-8-7-9-12-18/h6-9,11-15H,1,10H2,2-5H3,(H,25,27)/b19-14-. The van der Waals surface area contributed by atoms with Gasteiger partial charge >= 0.3 is 0 Å². The molecule has 1 saturated heterocycles. The second-order valence-electron chi connectivity index (χ2n) is 7.89. The maximum Gasteiger partial charge on any atom is 0.282 e. The minimum Gasteiger partial charge on any atom is -0.493 e. The Balaban J connectivity index is 2.02. The third-order valence-corrected chi connectivity index (χ3v) is 4.36. The lowest BCUT2D eigenvalue weighted by molar-refractivity contribution is -0.117. The molecule has 1 fully saturated rings. The number of allylic oxidation sites excluding steroid dienone is 1. The van der Waals surface area contributed by atoms with Gasteiger partial charge in [0.15, 0.2) is 11.5 Å². The van der Waals surface area contributed by atoms with E-state index < -0.39 is 17.4 Å². The normalized spacial score (nSPS) is 15.3. The highest BCUT2D eigenvalue weighted by molar-refractivity contribution is 6.31. The fourth-order valence-corrected chi connectivity index (χ4v) is 3.13. The van der Waals surface area contributed by atoms with Crippen LogP contribution in [-0.2, 0) is 16.0 Å². The van der Waals surface area contributed by atoms with Gasteiger partial charge in [-0.2, -0.15) is 0 Å². The largest absolute Gasteiger partial charge is 0.493 e. The first-order chi connectivity index (χ1) is 14.2. The van der Waals surface area contributed by atoms with Crippen molar-refractivity contribution in [3.05, 3.63) is 71.8 Å². The van der Waals surface area contributed by atoms with Crippen molar-refractivity contribution in [2.24, 2.45) is 0 Å². The van der Waals surface area contributed by atoms with Gasteiger partial charge in [-0.05, 0) is 63.1 Å². The summed E-state index contributed by atoms with van der Waals surface area (Å²) in [6.07, 6.45) is 3.89. The molecule has 0 atom stereocenters. The Bertz CT molecular complexity index is 1000. The van der Waals surface area contributed by atoms with E-state index in [2.05, 4.69) is 12.0 Å². The zero-order chi connectivity index (χ0) is 21.9. The van der Waals surface area contributed by atoms with E-state index in [9.17, 15) is 9.59 Å². The lowest BCUT2D eigenvalue weighted by Gasteiger charge is -2.25. The number of methoxy groups -OCH3 is 1. The summed E-state index contributed by atoms with van der Waals surface area (Å²) in [6.45, 7) is 9.69. The van der Waals surface area contributed by atoms with E-state index in [0.717, 1.165) is 5.56 Å². The lowest BCUT2D eigenvalue weighted by atomic mass is 10.0. The molecule has 0 unspecified atom stereocenters. The number of benzene rings is 2. The van der Waals surface area contributed by atoms with E-state index in [4.69, 9.17) is 9.47 Å². The van der Waals surface area contributed by atoms with Crippen LogP contribution in [0.5, 0.6) is 11.5 Å². The molecule has 0 aromatic heterocycles. The van der Waals surface area contributed by atoms with Gasteiger partial charge in [0.25, 0.3) is 11.8 Å². The number of hydrogen-bond acceptors (Lipinski definition) is 4. The zero-order valence-electron chi connectivity index (χ0n) is 17.7. The maximum atomic E-state index is 12.8. The summed E-state index contributed by atoms with van der Waals surface area (Å²) in [6, 6.07) is 12.6. The first-order valence-electron chi connectivity index (χ1n) is 9.66. The maximum absolute atomic E-state index is 12.8. The monoisotopic (exact) mass is 406 g/mol. The van der Waals surface area contributed by atoms with E-state index in [1.54, 1.807) is 49.6 Å². The van der Waals surface area contributed by atoms with Crippen LogP contribution < -0.4 is 19.9 Å². The average molecular weight is 406 g/mol. The number of carbonyl (C=O) groups excluding carboxylic acids is 2. The predicted octanol–water partition coefficient (Wildman–Crippen LogP) is 4.06. The molecule has 156 valence electrons. The van der Waals surface area contributed by atoms with Gasteiger partial charge in [0.05, 0.1) is 12.8 Å². The van der Waals surface area contributed by atoms with Crippen LogP contribution in [0, 0.1) is 0 Å². The molecule has 3 rings (SSSR count). The van der Waals surface area contributed by atoms with Crippen molar-refractivity contribution in [3.63, 3.8) is 0 Å². The van der Waals surface area contributed by atoms with E-state index >= 15 is 0 Å². The second-order valence-corrected chi connectivity index (χ2v) is 7.89. The summed E-state index contributed by atoms with van der Waals surface area (Å²) in [7, 11) is 1.56. The Kier molecular flexibility index (Phi) is 5.96. The molecule has 0 spiro atoms. The topological polar surface area (TPSA) is 67.9 Å². The van der Waals surface area contributed by atoms with E-state index in [1.807, 2.05) is 32.9 Å². The number of hydrazine groups is 1. The number of rotatable bonds is 6. The Labute approximate surface area is 176 Å².